The van der Waals surface area contributed by atoms with Gasteiger partial charge in [-0.2, -0.15) is 0 Å². The van der Waals surface area contributed by atoms with Crippen LogP contribution in [-0.4, -0.2) is 148 Å². The van der Waals surface area contributed by atoms with Gasteiger partial charge in [0.05, 0.1) is 35.9 Å². The van der Waals surface area contributed by atoms with E-state index in [4.69, 9.17) is 28.4 Å². The second-order valence-electron chi connectivity index (χ2n) is 22.6. The molecule has 0 spiro atoms. The molecule has 17 nitrogen and oxygen atoms in total. The number of Topliss-reactive ketones (excluding diaryl/α,β-unsaturated/α-hetero) is 3. The number of esters is 1. The van der Waals surface area contributed by atoms with E-state index < -0.39 is 93.7 Å². The molecule has 2 unspecified atom stereocenters. The van der Waals surface area contributed by atoms with Crippen LogP contribution < -0.4 is 4.72 Å². The first-order chi connectivity index (χ1) is 36.9. The van der Waals surface area contributed by atoms with Crippen LogP contribution in [-0.2, 0) is 62.4 Å². The number of hydrogen-bond donors (Lipinski definition) is 3. The molecule has 1 aromatic carbocycles. The van der Waals surface area contributed by atoms with Crippen LogP contribution >= 0.6 is 0 Å². The molecule has 1 aliphatic carbocycles. The number of sulfonamides is 1. The van der Waals surface area contributed by atoms with Crippen molar-refractivity contribution in [3.05, 3.63) is 77.4 Å². The SMILES string of the molecule is CO[C@H]1CC2CC[C@@H](C)[C@@](O)(O2)C(=O)C(=O)N2CCCCC2C(=O)O[C@H]([C@H](C)C[C@@H]2CC[C@@H](OCCNS(=O)(=O)c3ccccc3C)[C@H](OC)C2)CC(=O)[C@H](C)/C=C(\C)[C@@H](O)[C@@H](OC)C(=O)[C@H](C)C[C@H](C)/C=C/C=C/C=C/1C. The number of aryl methyl sites for hydroxylation is 1. The topological polar surface area (TPSA) is 231 Å². The summed E-state index contributed by atoms with van der Waals surface area (Å²) in [5.41, 5.74) is 1.87. The van der Waals surface area contributed by atoms with Crippen molar-refractivity contribution >= 4 is 39.2 Å². The highest BCUT2D eigenvalue weighted by Gasteiger charge is 2.53. The third-order valence-electron chi connectivity index (χ3n) is 16.6. The standard InChI is InChI=1S/C60H90N2O15S/c1-37-19-13-12-14-20-38(2)50(72-9)35-46-26-24-44(8)60(69,77-46)57(66)58(67)62-29-18-17-22-47(62)59(68)76-51(36-48(63)40(4)32-43(7)55(65)56(74-11)54(64)42(6)31-37)41(5)33-45-25-27-49(52(34-45)73-10)75-30-28-61-78(70,71)53-23-16-15-21-39(53)3/h12-16,19-21,23,32,37,40-42,44-47,49-52,55-56,61,65,69H,17-18,22,24-31,33-36H2,1-11H3/b14-12+,19-13+,38-20+,43-32+/t37-,40-,41-,42-,44-,45+,46?,47?,49-,50+,51+,52-,55-,56+,60-/m1/s1. The maximum absolute atomic E-state index is 14.6. The third kappa shape index (κ3) is 17.1. The maximum Gasteiger partial charge on any atom is 0.329 e. The van der Waals surface area contributed by atoms with E-state index in [1.807, 2.05) is 58.1 Å². The van der Waals surface area contributed by atoms with E-state index in [9.17, 15) is 42.6 Å². The highest BCUT2D eigenvalue weighted by Crippen LogP contribution is 2.38. The highest BCUT2D eigenvalue weighted by atomic mass is 32.2. The Bertz CT molecular complexity index is 2440. The number of carbonyl (C=O) groups is 5. The summed E-state index contributed by atoms with van der Waals surface area (Å²) < 4.78 is 64.7. The minimum atomic E-state index is -3.74. The Hall–Kier alpha value is -4.24. The summed E-state index contributed by atoms with van der Waals surface area (Å²) in [7, 11) is 0.806. The maximum atomic E-state index is 14.6. The average Bonchev–Trinajstić information content (AvgIpc) is 3.45. The van der Waals surface area contributed by atoms with E-state index >= 15 is 0 Å². The number of rotatable bonds is 12. The molecule has 4 aliphatic rings. The van der Waals surface area contributed by atoms with Crippen molar-refractivity contribution in [2.75, 3.05) is 41.0 Å². The molecule has 5 rings (SSSR count). The van der Waals surface area contributed by atoms with Crippen molar-refractivity contribution in [2.45, 2.75) is 192 Å². The number of aliphatic hydroxyl groups is 2. The number of amides is 1. The zero-order valence-electron chi connectivity index (χ0n) is 48.0. The number of methoxy groups -OCH3 is 3. The van der Waals surface area contributed by atoms with Crippen LogP contribution in [0.15, 0.2) is 76.8 Å². The lowest BCUT2D eigenvalue weighted by atomic mass is 9.78. The highest BCUT2D eigenvalue weighted by molar-refractivity contribution is 7.89. The molecule has 3 heterocycles. The molecule has 1 saturated carbocycles. The van der Waals surface area contributed by atoms with Crippen molar-refractivity contribution in [2.24, 2.45) is 35.5 Å². The van der Waals surface area contributed by atoms with E-state index in [-0.39, 0.29) is 73.0 Å². The van der Waals surface area contributed by atoms with Crippen molar-refractivity contribution in [1.29, 1.82) is 0 Å². The van der Waals surface area contributed by atoms with Crippen LogP contribution in [0.2, 0.25) is 0 Å². The molecule has 0 radical (unpaired) electrons. The molecule has 3 N–H and O–H groups in total. The van der Waals surface area contributed by atoms with Gasteiger partial charge in [0, 0.05) is 65.0 Å². The van der Waals surface area contributed by atoms with Gasteiger partial charge in [0.1, 0.15) is 30.1 Å². The minimum absolute atomic E-state index is 0.00191. The van der Waals surface area contributed by atoms with Gasteiger partial charge in [-0.05, 0) is 126 Å². The van der Waals surface area contributed by atoms with Crippen LogP contribution in [0.4, 0.5) is 0 Å². The number of nitrogens with zero attached hydrogens (tertiary/aromatic N) is 1. The molecular weight excluding hydrogens is 1020 g/mol. The van der Waals surface area contributed by atoms with Gasteiger partial charge < -0.3 is 43.5 Å². The van der Waals surface area contributed by atoms with E-state index in [1.54, 1.807) is 72.3 Å². The summed E-state index contributed by atoms with van der Waals surface area (Å²) in [4.78, 5) is 73.0. The largest absolute Gasteiger partial charge is 0.460 e. The second kappa shape index (κ2) is 30.0. The minimum Gasteiger partial charge on any atom is -0.460 e. The van der Waals surface area contributed by atoms with Gasteiger partial charge in [-0.15, -0.1) is 0 Å². The zero-order valence-corrected chi connectivity index (χ0v) is 48.8. The van der Waals surface area contributed by atoms with Crippen molar-refractivity contribution in [3.63, 3.8) is 0 Å². The molecule has 2 saturated heterocycles. The molecule has 0 aromatic heterocycles. The Balaban J connectivity index is 1.40. The van der Waals surface area contributed by atoms with Crippen LogP contribution in [0.25, 0.3) is 0 Å². The number of benzene rings is 1. The van der Waals surface area contributed by atoms with Crippen LogP contribution in [0, 0.1) is 42.4 Å². The fraction of sp³-hybridized carbons (Fsp3) is 0.683. The van der Waals surface area contributed by atoms with Gasteiger partial charge in [0.15, 0.2) is 5.78 Å². The first kappa shape index (κ1) is 64.6. The molecule has 1 aromatic rings. The fourth-order valence-electron chi connectivity index (χ4n) is 11.6. The van der Waals surface area contributed by atoms with Gasteiger partial charge in [-0.25, -0.2) is 17.9 Å². The summed E-state index contributed by atoms with van der Waals surface area (Å²) in [5, 5.41) is 23.6. The van der Waals surface area contributed by atoms with Gasteiger partial charge in [-0.3, -0.25) is 19.2 Å². The lowest BCUT2D eigenvalue weighted by Gasteiger charge is -2.42. The molecule has 78 heavy (non-hydrogen) atoms. The van der Waals surface area contributed by atoms with Gasteiger partial charge in [0.25, 0.3) is 11.7 Å². The Kier molecular flexibility index (Phi) is 24.8. The van der Waals surface area contributed by atoms with Crippen molar-refractivity contribution < 1.29 is 71.0 Å². The quantitative estimate of drug-likeness (QED) is 0.0797. The summed E-state index contributed by atoms with van der Waals surface area (Å²) >= 11 is 0. The Morgan fingerprint density at radius 1 is 0.846 bits per heavy atom. The molecular formula is C60H90N2O15S. The lowest BCUT2D eigenvalue weighted by Crippen LogP contribution is -2.61. The number of aliphatic hydroxyl groups excluding tert-OH is 1. The van der Waals surface area contributed by atoms with E-state index in [0.29, 0.717) is 75.3 Å². The Morgan fingerprint density at radius 3 is 2.27 bits per heavy atom. The molecule has 2 bridgehead atoms. The summed E-state index contributed by atoms with van der Waals surface area (Å²) in [6, 6.07) is 5.57. The number of nitrogens with one attached hydrogen (secondary N) is 1. The summed E-state index contributed by atoms with van der Waals surface area (Å²) in [6.45, 7) is 14.6. The normalized spacial score (nSPS) is 35.8. The van der Waals surface area contributed by atoms with Gasteiger partial charge >= 0.3 is 5.97 Å². The number of ketones is 3. The number of ether oxygens (including phenoxy) is 6. The number of fused-ring (bicyclic) bond motifs is 3. The summed E-state index contributed by atoms with van der Waals surface area (Å²) in [6.07, 6.45) is 11.1. The molecule has 15 atom stereocenters. The van der Waals surface area contributed by atoms with Crippen LogP contribution in [0.5, 0.6) is 0 Å². The van der Waals surface area contributed by atoms with E-state index in [1.165, 1.54) is 12.0 Å². The number of hydrogen-bond acceptors (Lipinski definition) is 15. The van der Waals surface area contributed by atoms with Gasteiger partial charge in [-0.1, -0.05) is 89.3 Å². The Labute approximate surface area is 464 Å². The molecule has 1 amide bonds. The van der Waals surface area contributed by atoms with Gasteiger partial charge in [0.2, 0.25) is 15.8 Å². The fourth-order valence-corrected chi connectivity index (χ4v) is 12.9. The van der Waals surface area contributed by atoms with Crippen LogP contribution in [0.3, 0.4) is 0 Å². The molecule has 3 fully saturated rings. The summed E-state index contributed by atoms with van der Waals surface area (Å²) in [5.74, 6) is -8.34. The average molecular weight is 1110 g/mol. The smallest absolute Gasteiger partial charge is 0.329 e. The van der Waals surface area contributed by atoms with Crippen molar-refractivity contribution in [3.8, 4) is 0 Å². The number of piperidine rings is 1. The van der Waals surface area contributed by atoms with Crippen LogP contribution in [0.1, 0.15) is 131 Å². The number of carbonyl (C=O) groups excluding carboxylic acids is 5. The van der Waals surface area contributed by atoms with E-state index in [0.717, 1.165) is 5.57 Å². The van der Waals surface area contributed by atoms with Crippen molar-refractivity contribution in [1.82, 2.24) is 9.62 Å². The predicted molar refractivity (Wildman–Crippen MR) is 295 cm³/mol. The molecule has 3 aliphatic heterocycles. The first-order valence-corrected chi connectivity index (χ1v) is 29.6. The number of allylic oxidation sites excluding steroid dienone is 6. The predicted octanol–water partition coefficient (Wildman–Crippen LogP) is 7.49. The third-order valence-corrected chi connectivity index (χ3v) is 18.2. The molecule has 18 heteroatoms. The van der Waals surface area contributed by atoms with E-state index in [2.05, 4.69) is 4.72 Å². The lowest BCUT2D eigenvalue weighted by molar-refractivity contribution is -0.265. The first-order valence-electron chi connectivity index (χ1n) is 28.1. The Morgan fingerprint density at radius 2 is 1.58 bits per heavy atom. The monoisotopic (exact) mass is 1110 g/mol. The molecule has 436 valence electrons. The number of cyclic esters (lactones) is 1. The second-order valence-corrected chi connectivity index (χ2v) is 24.3. The zero-order chi connectivity index (χ0) is 57.5.